The number of carbonyl (C=O) groups is 6. The van der Waals surface area contributed by atoms with Crippen molar-refractivity contribution in [2.24, 2.45) is 5.73 Å². The lowest BCUT2D eigenvalue weighted by molar-refractivity contribution is -0.142. The Kier molecular flexibility index (Phi) is 12.3. The highest BCUT2D eigenvalue weighted by Crippen LogP contribution is 2.20. The van der Waals surface area contributed by atoms with Crippen molar-refractivity contribution < 1.29 is 39.0 Å². The average molecular weight is 615 g/mol. The van der Waals surface area contributed by atoms with Gasteiger partial charge < -0.3 is 47.1 Å². The van der Waals surface area contributed by atoms with Gasteiger partial charge in [-0.1, -0.05) is 30.3 Å². The number of nitrogens with one attached hydrogen (secondary N) is 5. The maximum Gasteiger partial charge on any atom is 0.246 e. The minimum Gasteiger partial charge on any atom is -0.394 e. The van der Waals surface area contributed by atoms with Crippen molar-refractivity contribution in [3.63, 3.8) is 0 Å². The van der Waals surface area contributed by atoms with Crippen LogP contribution in [0.5, 0.6) is 0 Å². The Morgan fingerprint density at radius 1 is 0.932 bits per heavy atom. The molecule has 0 saturated carbocycles. The predicted octanol–water partition coefficient (Wildman–Crippen LogP) is -3.39. The van der Waals surface area contributed by atoms with E-state index in [4.69, 9.17) is 5.73 Å². The third-order valence-corrected chi connectivity index (χ3v) is 7.07. The Hall–Kier alpha value is -4.83. The van der Waals surface area contributed by atoms with Crippen LogP contribution in [-0.2, 0) is 41.6 Å². The Bertz CT molecular complexity index is 1310. The number of hydrogen-bond acceptors (Lipinski definition) is 9. The molecule has 0 spiro atoms. The number of benzene rings is 1. The number of likely N-dealkylation sites (tertiary alicyclic amines) is 1. The summed E-state index contributed by atoms with van der Waals surface area (Å²) in [5.74, 6) is -4.32. The molecule has 0 bridgehead atoms. The first-order valence-corrected chi connectivity index (χ1v) is 14.0. The van der Waals surface area contributed by atoms with Gasteiger partial charge in [-0.2, -0.15) is 0 Å². The third kappa shape index (κ3) is 9.34. The topological polar surface area (TPSA) is 249 Å². The van der Waals surface area contributed by atoms with Crippen molar-refractivity contribution in [3.8, 4) is 0 Å². The van der Waals surface area contributed by atoms with E-state index in [9.17, 15) is 39.0 Å². The Morgan fingerprint density at radius 2 is 1.59 bits per heavy atom. The zero-order chi connectivity index (χ0) is 32.2. The molecule has 3 rings (SSSR count). The second-order valence-electron chi connectivity index (χ2n) is 10.4. The summed E-state index contributed by atoms with van der Waals surface area (Å²) in [5.41, 5.74) is 6.44. The number of nitrogens with two attached hydrogens (primary N) is 1. The number of hydrogen-bond donors (Lipinski definition) is 8. The van der Waals surface area contributed by atoms with Crippen LogP contribution >= 0.6 is 0 Å². The van der Waals surface area contributed by atoms with E-state index >= 15 is 0 Å². The number of primary amides is 1. The van der Waals surface area contributed by atoms with E-state index in [1.54, 1.807) is 24.3 Å². The lowest BCUT2D eigenvalue weighted by atomic mass is 10.0. The molecule has 1 aliphatic heterocycles. The molecule has 1 aliphatic rings. The molecular weight excluding hydrogens is 576 g/mol. The van der Waals surface area contributed by atoms with Crippen LogP contribution < -0.4 is 27.0 Å². The molecule has 5 atom stereocenters. The molecule has 1 aromatic carbocycles. The van der Waals surface area contributed by atoms with E-state index in [0.717, 1.165) is 5.56 Å². The Labute approximate surface area is 253 Å². The molecule has 2 aromatic rings. The van der Waals surface area contributed by atoms with Crippen molar-refractivity contribution in [1.82, 2.24) is 36.1 Å². The van der Waals surface area contributed by atoms with Gasteiger partial charge in [0, 0.05) is 38.2 Å². The molecule has 44 heavy (non-hydrogen) atoms. The molecule has 1 aromatic heterocycles. The van der Waals surface area contributed by atoms with Crippen LogP contribution in [-0.4, -0.2) is 110 Å². The predicted molar refractivity (Wildman–Crippen MR) is 154 cm³/mol. The lowest BCUT2D eigenvalue weighted by Gasteiger charge is -2.30. The molecule has 16 heteroatoms. The number of aliphatic hydroxyl groups excluding tert-OH is 2. The van der Waals surface area contributed by atoms with Crippen LogP contribution in [0.25, 0.3) is 0 Å². The highest BCUT2D eigenvalue weighted by molar-refractivity contribution is 5.96. The van der Waals surface area contributed by atoms with Crippen molar-refractivity contribution >= 4 is 35.4 Å². The molecule has 1 saturated heterocycles. The number of amides is 6. The summed E-state index contributed by atoms with van der Waals surface area (Å²) in [6, 6.07) is 2.94. The minimum absolute atomic E-state index is 0.00484. The largest absolute Gasteiger partial charge is 0.394 e. The zero-order valence-corrected chi connectivity index (χ0v) is 24.2. The van der Waals surface area contributed by atoms with E-state index < -0.39 is 78.9 Å². The van der Waals surface area contributed by atoms with Crippen LogP contribution in [0.2, 0.25) is 0 Å². The highest BCUT2D eigenvalue weighted by atomic mass is 16.3. The normalized spacial score (nSPS) is 17.1. The van der Waals surface area contributed by atoms with Gasteiger partial charge in [0.2, 0.25) is 35.4 Å². The Morgan fingerprint density at radius 3 is 2.18 bits per heavy atom. The van der Waals surface area contributed by atoms with E-state index in [0.29, 0.717) is 12.1 Å². The number of H-pyrrole nitrogens is 1. The lowest BCUT2D eigenvalue weighted by Crippen LogP contribution is -2.60. The van der Waals surface area contributed by atoms with Crippen LogP contribution in [0.4, 0.5) is 0 Å². The van der Waals surface area contributed by atoms with Gasteiger partial charge in [-0.15, -0.1) is 0 Å². The summed E-state index contributed by atoms with van der Waals surface area (Å²) in [7, 11) is 0. The fourth-order valence-corrected chi connectivity index (χ4v) is 4.84. The molecule has 0 aliphatic carbocycles. The van der Waals surface area contributed by atoms with Crippen molar-refractivity contribution in [1.29, 1.82) is 0 Å². The third-order valence-electron chi connectivity index (χ3n) is 7.07. The van der Waals surface area contributed by atoms with E-state index in [1.807, 2.05) is 6.07 Å². The molecular formula is C28H38N8O8. The average Bonchev–Trinajstić information content (AvgIpc) is 3.70. The number of nitrogens with zero attached hydrogens (tertiary/aromatic N) is 2. The molecule has 0 radical (unpaired) electrons. The number of rotatable bonds is 15. The van der Waals surface area contributed by atoms with Gasteiger partial charge in [0.1, 0.15) is 30.2 Å². The number of aromatic nitrogens is 2. The number of carbonyl (C=O) groups excluding carboxylic acids is 6. The summed E-state index contributed by atoms with van der Waals surface area (Å²) in [6.07, 6.45) is 3.77. The second-order valence-corrected chi connectivity index (χ2v) is 10.4. The monoisotopic (exact) mass is 614 g/mol. The number of aromatic amines is 1. The van der Waals surface area contributed by atoms with Crippen molar-refractivity contribution in [2.75, 3.05) is 19.8 Å². The first-order chi connectivity index (χ1) is 21.0. The maximum atomic E-state index is 13.9. The molecule has 238 valence electrons. The molecule has 6 amide bonds. The summed E-state index contributed by atoms with van der Waals surface area (Å²) in [6.45, 7) is -0.158. The minimum atomic E-state index is -1.50. The maximum absolute atomic E-state index is 13.9. The van der Waals surface area contributed by atoms with Crippen molar-refractivity contribution in [2.45, 2.75) is 62.8 Å². The van der Waals surface area contributed by atoms with E-state index in [2.05, 4.69) is 31.2 Å². The van der Waals surface area contributed by atoms with Crippen LogP contribution in [0.3, 0.4) is 0 Å². The summed E-state index contributed by atoms with van der Waals surface area (Å²) >= 11 is 0. The Balaban J connectivity index is 1.77. The van der Waals surface area contributed by atoms with E-state index in [1.165, 1.54) is 24.3 Å². The number of imidazole rings is 1. The molecule has 2 heterocycles. The van der Waals surface area contributed by atoms with Crippen LogP contribution in [0.15, 0.2) is 42.9 Å². The fraction of sp³-hybridized carbons (Fsp3) is 0.464. The first-order valence-electron chi connectivity index (χ1n) is 14.0. The van der Waals surface area contributed by atoms with Gasteiger partial charge in [-0.05, 0) is 18.4 Å². The second kappa shape index (κ2) is 16.1. The molecule has 0 unspecified atom stereocenters. The van der Waals surface area contributed by atoms with Gasteiger partial charge in [-0.3, -0.25) is 28.8 Å². The number of aliphatic hydroxyl groups is 2. The smallest absolute Gasteiger partial charge is 0.246 e. The van der Waals surface area contributed by atoms with E-state index in [-0.39, 0.29) is 25.8 Å². The molecule has 1 fully saturated rings. The summed E-state index contributed by atoms with van der Waals surface area (Å²) in [4.78, 5) is 84.5. The summed E-state index contributed by atoms with van der Waals surface area (Å²) in [5, 5.41) is 28.8. The highest BCUT2D eigenvalue weighted by Gasteiger charge is 2.39. The SMILES string of the molecule is CC(=O)N[C@@H](Cc1ccccc1)C(=O)N[C@@H](Cc1cnc[nH]1)C(=O)N1CCC[C@H]1C(=O)N[C@@H](CO)C(=O)N[C@@H](CO)C(N)=O. The quantitative estimate of drug-likeness (QED) is 0.0995. The molecule has 9 N–H and O–H groups in total. The van der Waals surface area contributed by atoms with Gasteiger partial charge >= 0.3 is 0 Å². The van der Waals surface area contributed by atoms with Gasteiger partial charge in [0.25, 0.3) is 0 Å². The van der Waals surface area contributed by atoms with Gasteiger partial charge in [0.15, 0.2) is 0 Å². The standard InChI is InChI=1S/C28H38N8O8/c1-16(39)32-19(10-17-6-3-2-4-7-17)25(41)33-20(11-18-12-30-15-31-18)28(44)36-9-5-8-23(36)27(43)35-22(14-38)26(42)34-21(13-37)24(29)40/h2-4,6-7,12,15,19-23,37-38H,5,8-11,13-14H2,1H3,(H2,29,40)(H,30,31)(H,32,39)(H,33,41)(H,34,42)(H,35,43)/t19-,20-,21-,22-,23-/m0/s1. The van der Waals surface area contributed by atoms with Gasteiger partial charge in [-0.25, -0.2) is 4.98 Å². The molecule has 16 nitrogen and oxygen atoms in total. The van der Waals surface area contributed by atoms with Crippen molar-refractivity contribution in [3.05, 3.63) is 54.1 Å². The summed E-state index contributed by atoms with van der Waals surface area (Å²) < 4.78 is 0. The van der Waals surface area contributed by atoms with Crippen LogP contribution in [0.1, 0.15) is 31.0 Å². The first kappa shape index (κ1) is 33.7. The van der Waals surface area contributed by atoms with Gasteiger partial charge in [0.05, 0.1) is 19.5 Å². The fourth-order valence-electron chi connectivity index (χ4n) is 4.84. The zero-order valence-electron chi connectivity index (χ0n) is 24.2. The van der Waals surface area contributed by atoms with Crippen LogP contribution in [0, 0.1) is 0 Å².